The number of thioether (sulfide) groups is 1. The lowest BCUT2D eigenvalue weighted by Gasteiger charge is -2.39. The number of halogens is 3. The highest BCUT2D eigenvalue weighted by Crippen LogP contribution is 2.50. The number of piperidine rings is 1. The van der Waals surface area contributed by atoms with Crippen molar-refractivity contribution in [3.8, 4) is 10.6 Å². The molecule has 2 N–H and O–H groups in total. The van der Waals surface area contributed by atoms with Crippen molar-refractivity contribution in [2.45, 2.75) is 41.4 Å². The maximum Gasteiger partial charge on any atom is 0.432 e. The van der Waals surface area contributed by atoms with Crippen molar-refractivity contribution in [3.63, 3.8) is 0 Å². The van der Waals surface area contributed by atoms with Gasteiger partial charge in [-0.3, -0.25) is 14.9 Å². The number of sulfonamides is 1. The Labute approximate surface area is 254 Å². The van der Waals surface area contributed by atoms with Gasteiger partial charge in [-0.25, -0.2) is 13.1 Å². The van der Waals surface area contributed by atoms with E-state index in [9.17, 15) is 26.4 Å². The number of nitrogens with one attached hydrogen (secondary N) is 2. The zero-order valence-electron chi connectivity index (χ0n) is 23.0. The van der Waals surface area contributed by atoms with Crippen molar-refractivity contribution < 1.29 is 26.4 Å². The number of hydrogen-bond donors (Lipinski definition) is 2. The van der Waals surface area contributed by atoms with E-state index in [1.165, 1.54) is 23.9 Å². The van der Waals surface area contributed by atoms with Gasteiger partial charge in [-0.2, -0.15) is 18.3 Å². The number of rotatable bonds is 8. The van der Waals surface area contributed by atoms with E-state index in [1.807, 2.05) is 35.1 Å². The average molecular weight is 648 g/mol. The summed E-state index contributed by atoms with van der Waals surface area (Å²) in [6, 6.07) is 11.7. The topological polar surface area (TPSA) is 108 Å². The second-order valence-electron chi connectivity index (χ2n) is 10.8. The number of H-pyrrole nitrogens is 1. The molecular weight excluding hydrogens is 620 g/mol. The van der Waals surface area contributed by atoms with Gasteiger partial charge in [0.05, 0.1) is 15.6 Å². The lowest BCUT2D eigenvalue weighted by Crippen LogP contribution is -2.44. The van der Waals surface area contributed by atoms with Crippen LogP contribution in [0.1, 0.15) is 34.9 Å². The van der Waals surface area contributed by atoms with Gasteiger partial charge < -0.3 is 4.90 Å². The first kappa shape index (κ1) is 29.9. The lowest BCUT2D eigenvalue weighted by molar-refractivity contribution is -0.141. The molecule has 0 unspecified atom stereocenters. The smallest absolute Gasteiger partial charge is 0.329 e. The predicted molar refractivity (Wildman–Crippen MR) is 161 cm³/mol. The number of aryl methyl sites for hydroxylation is 1. The summed E-state index contributed by atoms with van der Waals surface area (Å²) in [5, 5.41) is 6.63. The van der Waals surface area contributed by atoms with Crippen molar-refractivity contribution in [2.75, 3.05) is 13.1 Å². The van der Waals surface area contributed by atoms with Crippen LogP contribution in [0.2, 0.25) is 0 Å². The average Bonchev–Trinajstić information content (AvgIpc) is 3.72. The molecule has 8 nitrogen and oxygen atoms in total. The Kier molecular flexibility index (Phi) is 7.90. The van der Waals surface area contributed by atoms with E-state index >= 15 is 0 Å². The quantitative estimate of drug-likeness (QED) is 0.204. The molecule has 4 atom stereocenters. The number of pyridine rings is 1. The summed E-state index contributed by atoms with van der Waals surface area (Å²) in [6.45, 7) is 6.69. The molecule has 226 valence electrons. The third-order valence-electron chi connectivity index (χ3n) is 8.13. The number of aromatic nitrogens is 3. The fourth-order valence-corrected chi connectivity index (χ4v) is 9.61. The summed E-state index contributed by atoms with van der Waals surface area (Å²) in [5.74, 6) is -0.0937. The maximum absolute atomic E-state index is 13.2. The third-order valence-corrected chi connectivity index (χ3v) is 12.4. The van der Waals surface area contributed by atoms with Gasteiger partial charge in [-0.15, -0.1) is 17.9 Å². The lowest BCUT2D eigenvalue weighted by atomic mass is 9.79. The van der Waals surface area contributed by atoms with Gasteiger partial charge >= 0.3 is 6.18 Å². The van der Waals surface area contributed by atoms with Crippen LogP contribution in [-0.2, 0) is 16.2 Å². The van der Waals surface area contributed by atoms with Crippen LogP contribution in [0.3, 0.4) is 0 Å². The van der Waals surface area contributed by atoms with Gasteiger partial charge in [0, 0.05) is 30.7 Å². The SMILES string of the molecule is C=C[C@@H](CNS(=O)(=O)c1ccc(-c2cc(C(F)(F)F)[nH]n2)s1)[C@H]1CCN2C(=O)S[C@@H](c3ccnc4ccc(C)cc34)[C@@H]2C1. The van der Waals surface area contributed by atoms with Gasteiger partial charge in [0.15, 0.2) is 0 Å². The number of benzene rings is 1. The first-order chi connectivity index (χ1) is 20.4. The molecule has 6 rings (SSSR count). The first-order valence-electron chi connectivity index (χ1n) is 13.6. The van der Waals surface area contributed by atoms with E-state index in [0.717, 1.165) is 39.4 Å². The zero-order valence-corrected chi connectivity index (χ0v) is 25.4. The summed E-state index contributed by atoms with van der Waals surface area (Å²) in [6.07, 6.45) is 0.370. The summed E-state index contributed by atoms with van der Waals surface area (Å²) < 4.78 is 67.8. The fourth-order valence-electron chi connectivity index (χ4n) is 5.90. The Morgan fingerprint density at radius 1 is 1.23 bits per heavy atom. The normalized spacial score (nSPS) is 21.7. The molecule has 4 aromatic rings. The molecule has 0 radical (unpaired) electrons. The highest BCUT2D eigenvalue weighted by atomic mass is 32.2. The van der Waals surface area contributed by atoms with Gasteiger partial charge in [0.25, 0.3) is 5.24 Å². The van der Waals surface area contributed by atoms with Gasteiger partial charge in [-0.1, -0.05) is 29.5 Å². The van der Waals surface area contributed by atoms with E-state index in [0.29, 0.717) is 24.3 Å². The molecule has 2 fully saturated rings. The van der Waals surface area contributed by atoms with E-state index in [2.05, 4.69) is 27.5 Å². The molecule has 0 spiro atoms. The van der Waals surface area contributed by atoms with Crippen LogP contribution in [0.15, 0.2) is 65.5 Å². The van der Waals surface area contributed by atoms with Crippen LogP contribution in [0.4, 0.5) is 18.0 Å². The second-order valence-corrected chi connectivity index (χ2v) is 15.0. The minimum absolute atomic E-state index is 0.0187. The maximum atomic E-state index is 13.2. The van der Waals surface area contributed by atoms with Crippen LogP contribution in [0.25, 0.3) is 21.5 Å². The van der Waals surface area contributed by atoms with Crippen LogP contribution < -0.4 is 4.72 Å². The number of carbonyl (C=O) groups is 1. The number of thiophene rings is 1. The highest BCUT2D eigenvalue weighted by Gasteiger charge is 2.46. The van der Waals surface area contributed by atoms with Gasteiger partial charge in [0.1, 0.15) is 15.6 Å². The predicted octanol–water partition coefficient (Wildman–Crippen LogP) is 6.78. The molecule has 43 heavy (non-hydrogen) atoms. The minimum atomic E-state index is -4.58. The molecule has 3 aromatic heterocycles. The molecule has 5 heterocycles. The minimum Gasteiger partial charge on any atom is -0.329 e. The Hall–Kier alpha value is -3.20. The number of nitrogens with zero attached hydrogens (tertiary/aromatic N) is 3. The van der Waals surface area contributed by atoms with Crippen molar-refractivity contribution in [1.82, 2.24) is 24.8 Å². The van der Waals surface area contributed by atoms with Crippen molar-refractivity contribution in [3.05, 3.63) is 78.1 Å². The van der Waals surface area contributed by atoms with Crippen molar-refractivity contribution in [1.29, 1.82) is 0 Å². The fraction of sp³-hybridized carbons (Fsp3) is 0.345. The molecule has 14 heteroatoms. The Balaban J connectivity index is 1.16. The van der Waals surface area contributed by atoms with Crippen molar-refractivity contribution >= 4 is 49.3 Å². The number of fused-ring (bicyclic) bond motifs is 2. The largest absolute Gasteiger partial charge is 0.432 e. The van der Waals surface area contributed by atoms with Crippen LogP contribution >= 0.6 is 23.1 Å². The van der Waals surface area contributed by atoms with Crippen LogP contribution in [0.5, 0.6) is 0 Å². The monoisotopic (exact) mass is 647 g/mol. The summed E-state index contributed by atoms with van der Waals surface area (Å²) >= 11 is 2.18. The third kappa shape index (κ3) is 5.85. The molecule has 0 saturated carbocycles. The Morgan fingerprint density at radius 3 is 2.79 bits per heavy atom. The number of hydrogen-bond acceptors (Lipinski definition) is 7. The number of alkyl halides is 3. The van der Waals surface area contributed by atoms with E-state index < -0.39 is 21.9 Å². The molecule has 2 aliphatic heterocycles. The number of carbonyl (C=O) groups excluding carboxylic acids is 1. The molecule has 1 amide bonds. The Morgan fingerprint density at radius 2 is 2.05 bits per heavy atom. The zero-order chi connectivity index (χ0) is 30.5. The molecule has 2 saturated heterocycles. The summed E-state index contributed by atoms with van der Waals surface area (Å²) in [7, 11) is -3.94. The van der Waals surface area contributed by atoms with E-state index in [1.54, 1.807) is 12.3 Å². The molecular formula is C29H28F3N5O3S3. The molecule has 1 aromatic carbocycles. The van der Waals surface area contributed by atoms with Crippen LogP contribution in [-0.4, -0.2) is 52.9 Å². The standard InChI is InChI=1S/C29H28F3N5O3S3/c1-3-17(15-34-43(39,40)26-7-6-24(41-26)22-14-25(36-35-22)29(30,31)32)18-9-11-37-23(13-18)27(42-28(37)38)19-8-10-33-21-5-4-16(2)12-20(19)21/h3-8,10,12,14,17-18,23,27,34H,1,9,11,13,15H2,2H3,(H,35,36)/t17-,18-,23-,27-/m0/s1. The Bertz CT molecular complexity index is 1800. The molecule has 2 aliphatic rings. The van der Waals surface area contributed by atoms with Gasteiger partial charge in [0.2, 0.25) is 10.0 Å². The van der Waals surface area contributed by atoms with E-state index in [4.69, 9.17) is 0 Å². The van der Waals surface area contributed by atoms with Crippen molar-refractivity contribution in [2.24, 2.45) is 11.8 Å². The molecule has 0 aliphatic carbocycles. The number of aromatic amines is 1. The highest BCUT2D eigenvalue weighted by molar-refractivity contribution is 8.14. The van der Waals surface area contributed by atoms with Crippen LogP contribution in [0, 0.1) is 18.8 Å². The van der Waals surface area contributed by atoms with E-state index in [-0.39, 0.29) is 44.8 Å². The summed E-state index contributed by atoms with van der Waals surface area (Å²) in [4.78, 5) is 19.7. The second kappa shape index (κ2) is 11.4. The first-order valence-corrected chi connectivity index (χ1v) is 16.8. The number of amides is 1. The van der Waals surface area contributed by atoms with Gasteiger partial charge in [-0.05, 0) is 73.6 Å². The molecule has 0 bridgehead atoms. The summed E-state index contributed by atoms with van der Waals surface area (Å²) in [5.41, 5.74) is 2.08.